The molecule has 0 aliphatic carbocycles. The van der Waals surface area contributed by atoms with Gasteiger partial charge >= 0.3 is 0 Å². The number of thioether (sulfide) groups is 1. The van der Waals surface area contributed by atoms with Crippen molar-refractivity contribution in [2.45, 2.75) is 46.1 Å². The normalized spacial score (nSPS) is 13.4. The van der Waals surface area contributed by atoms with Crippen LogP contribution in [0.2, 0.25) is 0 Å². The summed E-state index contributed by atoms with van der Waals surface area (Å²) in [6.45, 7) is 7.48. The summed E-state index contributed by atoms with van der Waals surface area (Å²) in [6, 6.07) is 7.21. The number of hydrogen-bond acceptors (Lipinski definition) is 4. The van der Waals surface area contributed by atoms with Crippen LogP contribution in [0, 0.1) is 5.92 Å². The second-order valence-electron chi connectivity index (χ2n) is 6.35. The first-order valence-corrected chi connectivity index (χ1v) is 9.01. The molecule has 0 unspecified atom stereocenters. The highest BCUT2D eigenvalue weighted by Gasteiger charge is 2.21. The molecule has 2 atom stereocenters. The van der Waals surface area contributed by atoms with Crippen molar-refractivity contribution in [2.24, 2.45) is 11.7 Å². The molecule has 0 saturated heterocycles. The van der Waals surface area contributed by atoms with Crippen molar-refractivity contribution >= 4 is 28.7 Å². The molecule has 0 aliphatic heterocycles. The van der Waals surface area contributed by atoms with Crippen LogP contribution in [0.15, 0.2) is 24.3 Å². The van der Waals surface area contributed by atoms with Gasteiger partial charge in [0.15, 0.2) is 5.12 Å². The van der Waals surface area contributed by atoms with Crippen LogP contribution < -0.4 is 11.1 Å². The summed E-state index contributed by atoms with van der Waals surface area (Å²) in [6.07, 6.45) is 1.01. The van der Waals surface area contributed by atoms with Crippen molar-refractivity contribution in [1.82, 2.24) is 5.32 Å². The van der Waals surface area contributed by atoms with Crippen molar-refractivity contribution < 1.29 is 14.4 Å². The number of hydrogen-bond donors (Lipinski definition) is 2. The fourth-order valence-electron chi connectivity index (χ4n) is 2.28. The fraction of sp³-hybridized carbons (Fsp3) is 0.500. The average molecular weight is 350 g/mol. The SMILES string of the molecule is CC(=O)N[C@@H](CSC(=O)[C@H](C)c1ccc(CC(C)C)cc1)C(N)=O. The van der Waals surface area contributed by atoms with E-state index >= 15 is 0 Å². The lowest BCUT2D eigenvalue weighted by molar-refractivity contribution is -0.125. The summed E-state index contributed by atoms with van der Waals surface area (Å²) < 4.78 is 0. The van der Waals surface area contributed by atoms with E-state index in [9.17, 15) is 14.4 Å². The number of rotatable bonds is 8. The van der Waals surface area contributed by atoms with E-state index in [1.165, 1.54) is 12.5 Å². The summed E-state index contributed by atoms with van der Waals surface area (Å²) in [7, 11) is 0. The first-order chi connectivity index (χ1) is 11.2. The van der Waals surface area contributed by atoms with Gasteiger partial charge in [0.1, 0.15) is 6.04 Å². The quantitative estimate of drug-likeness (QED) is 0.752. The van der Waals surface area contributed by atoms with Gasteiger partial charge in [-0.25, -0.2) is 0 Å². The van der Waals surface area contributed by atoms with Crippen LogP contribution in [0.1, 0.15) is 44.7 Å². The van der Waals surface area contributed by atoms with E-state index in [1.807, 2.05) is 31.2 Å². The van der Waals surface area contributed by atoms with Gasteiger partial charge < -0.3 is 11.1 Å². The highest BCUT2D eigenvalue weighted by atomic mass is 32.2. The molecule has 3 N–H and O–H groups in total. The molecule has 0 spiro atoms. The lowest BCUT2D eigenvalue weighted by Gasteiger charge is -2.15. The van der Waals surface area contributed by atoms with Gasteiger partial charge in [-0.05, 0) is 23.5 Å². The minimum Gasteiger partial charge on any atom is -0.368 e. The number of nitrogens with one attached hydrogen (secondary N) is 1. The molecule has 0 aromatic heterocycles. The topological polar surface area (TPSA) is 89.3 Å². The van der Waals surface area contributed by atoms with Gasteiger partial charge in [0.05, 0.1) is 5.92 Å². The molecule has 132 valence electrons. The van der Waals surface area contributed by atoms with Gasteiger partial charge in [-0.2, -0.15) is 0 Å². The lowest BCUT2D eigenvalue weighted by Crippen LogP contribution is -2.45. The van der Waals surface area contributed by atoms with Gasteiger partial charge in [0.2, 0.25) is 11.8 Å². The molecule has 24 heavy (non-hydrogen) atoms. The van der Waals surface area contributed by atoms with E-state index in [-0.39, 0.29) is 22.7 Å². The number of amides is 2. The zero-order valence-corrected chi connectivity index (χ0v) is 15.5. The maximum Gasteiger partial charge on any atom is 0.240 e. The molecule has 6 heteroatoms. The number of nitrogens with two attached hydrogens (primary N) is 1. The fourth-order valence-corrected chi connectivity index (χ4v) is 3.25. The molecule has 2 amide bonds. The predicted octanol–water partition coefficient (Wildman–Crippen LogP) is 2.24. The van der Waals surface area contributed by atoms with Crippen LogP contribution in [0.4, 0.5) is 0 Å². The van der Waals surface area contributed by atoms with Crippen LogP contribution in [-0.2, 0) is 20.8 Å². The summed E-state index contributed by atoms with van der Waals surface area (Å²) >= 11 is 1.02. The van der Waals surface area contributed by atoms with E-state index in [0.717, 1.165) is 23.7 Å². The Kier molecular flexibility index (Phi) is 7.98. The third-order valence-corrected chi connectivity index (χ3v) is 4.73. The van der Waals surface area contributed by atoms with Crippen molar-refractivity contribution in [2.75, 3.05) is 5.75 Å². The number of benzene rings is 1. The highest BCUT2D eigenvalue weighted by molar-refractivity contribution is 8.13. The minimum absolute atomic E-state index is 0.0526. The van der Waals surface area contributed by atoms with Gasteiger partial charge in [-0.3, -0.25) is 14.4 Å². The van der Waals surface area contributed by atoms with Crippen molar-refractivity contribution in [3.8, 4) is 0 Å². The third-order valence-electron chi connectivity index (χ3n) is 3.59. The Morgan fingerprint density at radius 1 is 1.12 bits per heavy atom. The summed E-state index contributed by atoms with van der Waals surface area (Å²) in [4.78, 5) is 34.7. The molecular formula is C18H26N2O3S. The molecule has 5 nitrogen and oxygen atoms in total. The first-order valence-electron chi connectivity index (χ1n) is 8.02. The van der Waals surface area contributed by atoms with Gasteiger partial charge in [0.25, 0.3) is 0 Å². The molecule has 1 rings (SSSR count). The van der Waals surface area contributed by atoms with Crippen molar-refractivity contribution in [1.29, 1.82) is 0 Å². The Labute approximate surface area is 147 Å². The van der Waals surface area contributed by atoms with Crippen LogP contribution >= 0.6 is 11.8 Å². The van der Waals surface area contributed by atoms with Crippen LogP contribution in [0.5, 0.6) is 0 Å². The molecule has 0 bridgehead atoms. The summed E-state index contributed by atoms with van der Waals surface area (Å²) in [5.74, 6) is -0.542. The Balaban J connectivity index is 2.63. The van der Waals surface area contributed by atoms with Crippen molar-refractivity contribution in [3.63, 3.8) is 0 Å². The van der Waals surface area contributed by atoms with Gasteiger partial charge in [0, 0.05) is 12.7 Å². The van der Waals surface area contributed by atoms with Crippen LogP contribution in [-0.4, -0.2) is 28.7 Å². The maximum atomic E-state index is 12.3. The largest absolute Gasteiger partial charge is 0.368 e. The zero-order valence-electron chi connectivity index (χ0n) is 14.7. The maximum absolute atomic E-state index is 12.3. The van der Waals surface area contributed by atoms with Crippen LogP contribution in [0.25, 0.3) is 0 Å². The minimum atomic E-state index is -0.836. The standard InChI is InChI=1S/C18H26N2O3S/c1-11(2)9-14-5-7-15(8-6-14)12(3)18(23)24-10-16(17(19)22)20-13(4)21/h5-8,11-12,16H,9-10H2,1-4H3,(H2,19,22)(H,20,21)/t12-,16+/m1/s1. The van der Waals surface area contributed by atoms with E-state index in [0.29, 0.717) is 5.92 Å². The third kappa shape index (κ3) is 6.74. The average Bonchev–Trinajstić information content (AvgIpc) is 2.50. The first kappa shape index (κ1) is 20.2. The second kappa shape index (κ2) is 9.47. The monoisotopic (exact) mass is 350 g/mol. The summed E-state index contributed by atoms with van der Waals surface area (Å²) in [5.41, 5.74) is 7.43. The van der Waals surface area contributed by atoms with Gasteiger partial charge in [-0.15, -0.1) is 0 Å². The molecule has 1 aromatic rings. The molecule has 0 radical (unpaired) electrons. The molecule has 0 saturated carbocycles. The van der Waals surface area contributed by atoms with E-state index < -0.39 is 11.9 Å². The Morgan fingerprint density at radius 2 is 1.71 bits per heavy atom. The van der Waals surface area contributed by atoms with E-state index in [4.69, 9.17) is 5.73 Å². The lowest BCUT2D eigenvalue weighted by atomic mass is 9.97. The number of carbonyl (C=O) groups excluding carboxylic acids is 3. The second-order valence-corrected chi connectivity index (χ2v) is 7.37. The Hall–Kier alpha value is -1.82. The molecule has 0 aliphatic rings. The molecule has 1 aromatic carbocycles. The highest BCUT2D eigenvalue weighted by Crippen LogP contribution is 2.23. The zero-order chi connectivity index (χ0) is 18.3. The van der Waals surface area contributed by atoms with E-state index in [1.54, 1.807) is 0 Å². The van der Waals surface area contributed by atoms with Crippen molar-refractivity contribution in [3.05, 3.63) is 35.4 Å². The Bertz CT molecular complexity index is 584. The molecule has 0 fully saturated rings. The predicted molar refractivity (Wildman–Crippen MR) is 97.7 cm³/mol. The summed E-state index contributed by atoms with van der Waals surface area (Å²) in [5, 5.41) is 2.40. The van der Waals surface area contributed by atoms with Gasteiger partial charge in [-0.1, -0.05) is 56.8 Å². The number of carbonyl (C=O) groups is 3. The molecular weight excluding hydrogens is 324 g/mol. The number of primary amides is 1. The van der Waals surface area contributed by atoms with Crippen LogP contribution in [0.3, 0.4) is 0 Å². The van der Waals surface area contributed by atoms with E-state index in [2.05, 4.69) is 19.2 Å². The smallest absolute Gasteiger partial charge is 0.240 e. The Morgan fingerprint density at radius 3 is 2.17 bits per heavy atom. The molecule has 0 heterocycles.